The number of hydrogen-bond donors (Lipinski definition) is 1. The summed E-state index contributed by atoms with van der Waals surface area (Å²) in [6, 6.07) is 5.51. The summed E-state index contributed by atoms with van der Waals surface area (Å²) in [5.41, 5.74) is 7.66. The quantitative estimate of drug-likeness (QED) is 0.839. The largest absolute Gasteiger partial charge is 0.465 e. The molecule has 0 fully saturated rings. The van der Waals surface area contributed by atoms with Crippen LogP contribution in [-0.4, -0.2) is 36.6 Å². The normalized spacial score (nSPS) is 10.2. The van der Waals surface area contributed by atoms with Gasteiger partial charge >= 0.3 is 5.97 Å². The lowest BCUT2D eigenvalue weighted by molar-refractivity contribution is 0.0601. The van der Waals surface area contributed by atoms with Crippen LogP contribution in [-0.2, 0) is 11.2 Å². The summed E-state index contributed by atoms with van der Waals surface area (Å²) in [7, 11) is 3.22. The molecule has 2 rings (SSSR count). The van der Waals surface area contributed by atoms with Crippen molar-refractivity contribution in [2.45, 2.75) is 6.42 Å². The van der Waals surface area contributed by atoms with Crippen molar-refractivity contribution in [1.29, 1.82) is 0 Å². The zero-order chi connectivity index (χ0) is 15.2. The van der Waals surface area contributed by atoms with Gasteiger partial charge in [0, 0.05) is 26.0 Å². The Morgan fingerprint density at radius 1 is 1.38 bits per heavy atom. The lowest BCUT2D eigenvalue weighted by Gasteiger charge is -2.20. The molecular formula is C15H18N4O2. The van der Waals surface area contributed by atoms with E-state index in [1.165, 1.54) is 18.9 Å². The first-order valence-electron chi connectivity index (χ1n) is 6.55. The highest BCUT2D eigenvalue weighted by Gasteiger charge is 2.16. The Kier molecular flexibility index (Phi) is 4.71. The number of likely N-dealkylation sites (N-methyl/N-ethyl adjacent to an activating group) is 1. The molecule has 2 N–H and O–H groups in total. The summed E-state index contributed by atoms with van der Waals surface area (Å²) in [4.78, 5) is 22.0. The standard InChI is InChI=1S/C15H18N4O2/c1-19(8-5-11-3-6-17-7-4-11)14-13(15(20)21-2)9-12(16)10-18-14/h3-4,6-7,9-10H,5,8,16H2,1-2H3. The lowest BCUT2D eigenvalue weighted by Crippen LogP contribution is -2.24. The molecule has 6 heteroatoms. The van der Waals surface area contributed by atoms with E-state index in [4.69, 9.17) is 10.5 Å². The maximum atomic E-state index is 11.8. The lowest BCUT2D eigenvalue weighted by atomic mass is 10.2. The van der Waals surface area contributed by atoms with Crippen LogP contribution in [0.3, 0.4) is 0 Å². The first-order chi connectivity index (χ1) is 10.1. The summed E-state index contributed by atoms with van der Waals surface area (Å²) < 4.78 is 4.78. The Labute approximate surface area is 123 Å². The van der Waals surface area contributed by atoms with Crippen molar-refractivity contribution >= 4 is 17.5 Å². The van der Waals surface area contributed by atoms with Gasteiger partial charge in [-0.25, -0.2) is 9.78 Å². The first kappa shape index (κ1) is 14.8. The van der Waals surface area contributed by atoms with Gasteiger partial charge in [-0.2, -0.15) is 0 Å². The smallest absolute Gasteiger partial charge is 0.341 e. The fourth-order valence-corrected chi connectivity index (χ4v) is 1.99. The second-order valence-corrected chi connectivity index (χ2v) is 4.66. The number of anilines is 2. The molecule has 0 radical (unpaired) electrons. The SMILES string of the molecule is COC(=O)c1cc(N)cnc1N(C)CCc1ccncc1. The van der Waals surface area contributed by atoms with Crippen molar-refractivity contribution in [3.8, 4) is 0 Å². The van der Waals surface area contributed by atoms with Crippen molar-refractivity contribution in [2.24, 2.45) is 0 Å². The Balaban J connectivity index is 2.15. The minimum Gasteiger partial charge on any atom is -0.465 e. The van der Waals surface area contributed by atoms with Crippen molar-refractivity contribution < 1.29 is 9.53 Å². The van der Waals surface area contributed by atoms with Gasteiger partial charge in [0.1, 0.15) is 11.4 Å². The monoisotopic (exact) mass is 286 g/mol. The van der Waals surface area contributed by atoms with Crippen LogP contribution in [0.15, 0.2) is 36.8 Å². The molecule has 2 heterocycles. The van der Waals surface area contributed by atoms with Crippen LogP contribution in [0.2, 0.25) is 0 Å². The number of nitrogens with zero attached hydrogens (tertiary/aromatic N) is 3. The Morgan fingerprint density at radius 3 is 2.76 bits per heavy atom. The van der Waals surface area contributed by atoms with Gasteiger partial charge in [0.2, 0.25) is 0 Å². The van der Waals surface area contributed by atoms with Crippen molar-refractivity contribution in [3.63, 3.8) is 0 Å². The number of carbonyl (C=O) groups is 1. The fourth-order valence-electron chi connectivity index (χ4n) is 1.99. The molecule has 0 saturated carbocycles. The highest BCUT2D eigenvalue weighted by Crippen LogP contribution is 2.20. The highest BCUT2D eigenvalue weighted by molar-refractivity contribution is 5.95. The number of nitrogen functional groups attached to an aromatic ring is 1. The fraction of sp³-hybridized carbons (Fsp3) is 0.267. The molecule has 0 saturated heterocycles. The Bertz CT molecular complexity index is 616. The Morgan fingerprint density at radius 2 is 2.10 bits per heavy atom. The third-order valence-corrected chi connectivity index (χ3v) is 3.14. The van der Waals surface area contributed by atoms with E-state index in [1.54, 1.807) is 18.5 Å². The summed E-state index contributed by atoms with van der Waals surface area (Å²) in [5, 5.41) is 0. The Hall–Kier alpha value is -2.63. The number of esters is 1. The van der Waals surface area contributed by atoms with Crippen molar-refractivity contribution in [3.05, 3.63) is 47.9 Å². The van der Waals surface area contributed by atoms with Crippen molar-refractivity contribution in [2.75, 3.05) is 31.3 Å². The van der Waals surface area contributed by atoms with Crippen LogP contribution in [0.5, 0.6) is 0 Å². The third-order valence-electron chi connectivity index (χ3n) is 3.14. The van der Waals surface area contributed by atoms with Gasteiger partial charge in [-0.05, 0) is 30.2 Å². The first-order valence-corrected chi connectivity index (χ1v) is 6.55. The number of aromatic nitrogens is 2. The van der Waals surface area contributed by atoms with Crippen LogP contribution in [0.25, 0.3) is 0 Å². The zero-order valence-electron chi connectivity index (χ0n) is 12.1. The van der Waals surface area contributed by atoms with Crippen molar-refractivity contribution in [1.82, 2.24) is 9.97 Å². The predicted molar refractivity (Wildman–Crippen MR) is 81.2 cm³/mol. The second-order valence-electron chi connectivity index (χ2n) is 4.66. The maximum absolute atomic E-state index is 11.8. The molecule has 0 spiro atoms. The van der Waals surface area contributed by atoms with Crippen LogP contribution in [0.4, 0.5) is 11.5 Å². The van der Waals surface area contributed by atoms with Crippen LogP contribution in [0.1, 0.15) is 15.9 Å². The van der Waals surface area contributed by atoms with E-state index in [0.717, 1.165) is 6.42 Å². The summed E-state index contributed by atoms with van der Waals surface area (Å²) in [6.45, 7) is 0.713. The molecule has 110 valence electrons. The molecule has 2 aromatic rings. The minimum absolute atomic E-state index is 0.370. The summed E-state index contributed by atoms with van der Waals surface area (Å²) in [5.74, 6) is 0.116. The number of hydrogen-bond acceptors (Lipinski definition) is 6. The summed E-state index contributed by atoms with van der Waals surface area (Å²) in [6.07, 6.45) is 5.88. The van der Waals surface area contributed by atoms with E-state index in [9.17, 15) is 4.79 Å². The third kappa shape index (κ3) is 3.68. The van der Waals surface area contributed by atoms with Gasteiger partial charge in [-0.15, -0.1) is 0 Å². The molecule has 0 aromatic carbocycles. The molecule has 6 nitrogen and oxygen atoms in total. The second kappa shape index (κ2) is 6.69. The molecule has 0 aliphatic heterocycles. The van der Waals surface area contributed by atoms with E-state index >= 15 is 0 Å². The minimum atomic E-state index is -0.444. The number of nitrogens with two attached hydrogens (primary N) is 1. The topological polar surface area (TPSA) is 81.3 Å². The molecule has 0 aliphatic rings. The molecule has 0 unspecified atom stereocenters. The van der Waals surface area contributed by atoms with E-state index < -0.39 is 5.97 Å². The van der Waals surface area contributed by atoms with E-state index in [0.29, 0.717) is 23.6 Å². The zero-order valence-corrected chi connectivity index (χ0v) is 12.1. The highest BCUT2D eigenvalue weighted by atomic mass is 16.5. The van der Waals surface area contributed by atoms with E-state index in [2.05, 4.69) is 9.97 Å². The number of methoxy groups -OCH3 is 1. The van der Waals surface area contributed by atoms with E-state index in [-0.39, 0.29) is 0 Å². The van der Waals surface area contributed by atoms with Gasteiger partial charge in [-0.1, -0.05) is 0 Å². The molecule has 0 atom stereocenters. The number of pyridine rings is 2. The van der Waals surface area contributed by atoms with Gasteiger partial charge in [0.15, 0.2) is 0 Å². The molecule has 0 bridgehead atoms. The van der Waals surface area contributed by atoms with Gasteiger partial charge < -0.3 is 15.4 Å². The number of rotatable bonds is 5. The average Bonchev–Trinajstić information content (AvgIpc) is 2.52. The number of ether oxygens (including phenoxy) is 1. The molecular weight excluding hydrogens is 268 g/mol. The van der Waals surface area contributed by atoms with Gasteiger partial charge in [0.25, 0.3) is 0 Å². The molecule has 0 amide bonds. The predicted octanol–water partition coefficient (Wildman–Crippen LogP) is 1.52. The van der Waals surface area contributed by atoms with Crippen LogP contribution >= 0.6 is 0 Å². The van der Waals surface area contributed by atoms with Crippen LogP contribution < -0.4 is 10.6 Å². The van der Waals surface area contributed by atoms with E-state index in [1.807, 2.05) is 24.1 Å². The molecule has 21 heavy (non-hydrogen) atoms. The molecule has 0 aliphatic carbocycles. The van der Waals surface area contributed by atoms with Gasteiger partial charge in [0.05, 0.1) is 19.0 Å². The average molecular weight is 286 g/mol. The number of carbonyl (C=O) groups excluding carboxylic acids is 1. The van der Waals surface area contributed by atoms with Gasteiger partial charge in [-0.3, -0.25) is 4.98 Å². The van der Waals surface area contributed by atoms with Crippen LogP contribution in [0, 0.1) is 0 Å². The summed E-state index contributed by atoms with van der Waals surface area (Å²) >= 11 is 0. The molecule has 2 aromatic heterocycles. The maximum Gasteiger partial charge on any atom is 0.341 e.